The molecule has 3 heteroatoms. The fourth-order valence-electron chi connectivity index (χ4n) is 2.26. The van der Waals surface area contributed by atoms with Crippen LogP contribution in [0.15, 0.2) is 24.3 Å². The Morgan fingerprint density at radius 2 is 2.00 bits per heavy atom. The van der Waals surface area contributed by atoms with E-state index in [2.05, 4.69) is 43.0 Å². The minimum Gasteiger partial charge on any atom is -0.379 e. The van der Waals surface area contributed by atoms with Crippen molar-refractivity contribution < 1.29 is 4.74 Å². The summed E-state index contributed by atoms with van der Waals surface area (Å²) in [5, 5.41) is 0. The molecule has 0 amide bonds. The van der Waals surface area contributed by atoms with Gasteiger partial charge in [-0.05, 0) is 26.0 Å². The van der Waals surface area contributed by atoms with E-state index in [1.165, 1.54) is 11.3 Å². The van der Waals surface area contributed by atoms with Gasteiger partial charge < -0.3 is 15.4 Å². The Hall–Kier alpha value is -1.06. The van der Waals surface area contributed by atoms with Crippen LogP contribution in [0.5, 0.6) is 0 Å². The Kier molecular flexibility index (Phi) is 4.02. The molecule has 94 valence electrons. The molecule has 2 atom stereocenters. The van der Waals surface area contributed by atoms with Crippen molar-refractivity contribution in [3.63, 3.8) is 0 Å². The van der Waals surface area contributed by atoms with E-state index in [0.717, 1.165) is 19.7 Å². The van der Waals surface area contributed by atoms with E-state index in [4.69, 9.17) is 10.5 Å². The predicted octanol–water partition coefficient (Wildman–Crippen LogP) is 1.80. The highest BCUT2D eigenvalue weighted by Crippen LogP contribution is 2.19. The Morgan fingerprint density at radius 1 is 1.29 bits per heavy atom. The molecule has 0 aliphatic carbocycles. The van der Waals surface area contributed by atoms with Crippen molar-refractivity contribution in [1.82, 2.24) is 0 Å². The summed E-state index contributed by atoms with van der Waals surface area (Å²) in [4.78, 5) is 2.37. The van der Waals surface area contributed by atoms with Crippen molar-refractivity contribution in [2.45, 2.75) is 19.9 Å². The van der Waals surface area contributed by atoms with Gasteiger partial charge in [-0.2, -0.15) is 0 Å². The van der Waals surface area contributed by atoms with Gasteiger partial charge in [0.15, 0.2) is 0 Å². The largest absolute Gasteiger partial charge is 0.379 e. The second kappa shape index (κ2) is 5.52. The molecule has 0 radical (unpaired) electrons. The number of benzene rings is 1. The van der Waals surface area contributed by atoms with Gasteiger partial charge in [0.2, 0.25) is 0 Å². The van der Waals surface area contributed by atoms with Crippen molar-refractivity contribution in [3.05, 3.63) is 29.8 Å². The first kappa shape index (κ1) is 12.4. The Labute approximate surface area is 104 Å². The van der Waals surface area contributed by atoms with Crippen molar-refractivity contribution in [2.75, 3.05) is 31.2 Å². The second-order valence-electron chi connectivity index (χ2n) is 4.84. The Morgan fingerprint density at radius 3 is 2.53 bits per heavy atom. The molecule has 3 nitrogen and oxygen atoms in total. The van der Waals surface area contributed by atoms with Crippen LogP contribution in [-0.2, 0) is 4.74 Å². The van der Waals surface area contributed by atoms with E-state index in [0.29, 0.717) is 12.5 Å². The third kappa shape index (κ3) is 2.99. The molecular weight excluding hydrogens is 212 g/mol. The molecule has 0 bridgehead atoms. The highest BCUT2D eigenvalue weighted by atomic mass is 16.5. The summed E-state index contributed by atoms with van der Waals surface area (Å²) in [6.45, 7) is 7.79. The molecule has 0 aromatic heterocycles. The van der Waals surface area contributed by atoms with E-state index >= 15 is 0 Å². The van der Waals surface area contributed by atoms with Crippen LogP contribution < -0.4 is 10.6 Å². The molecule has 1 saturated heterocycles. The quantitative estimate of drug-likeness (QED) is 0.863. The maximum Gasteiger partial charge on any atom is 0.0621 e. The van der Waals surface area contributed by atoms with Gasteiger partial charge in [-0.1, -0.05) is 17.7 Å². The van der Waals surface area contributed by atoms with Crippen molar-refractivity contribution in [3.8, 4) is 0 Å². The Bertz CT molecular complexity index is 350. The van der Waals surface area contributed by atoms with Crippen LogP contribution in [0.1, 0.15) is 12.5 Å². The van der Waals surface area contributed by atoms with Crippen molar-refractivity contribution in [1.29, 1.82) is 0 Å². The number of anilines is 1. The maximum atomic E-state index is 6.03. The van der Waals surface area contributed by atoms with Crippen LogP contribution in [0.4, 0.5) is 5.69 Å². The van der Waals surface area contributed by atoms with Gasteiger partial charge in [0.1, 0.15) is 0 Å². The monoisotopic (exact) mass is 234 g/mol. The zero-order valence-corrected chi connectivity index (χ0v) is 10.7. The number of nitrogens with zero attached hydrogens (tertiary/aromatic N) is 1. The van der Waals surface area contributed by atoms with Crippen molar-refractivity contribution >= 4 is 5.69 Å². The lowest BCUT2D eigenvalue weighted by Gasteiger charge is -2.27. The van der Waals surface area contributed by atoms with E-state index in [9.17, 15) is 0 Å². The molecule has 1 heterocycles. The predicted molar refractivity (Wildman–Crippen MR) is 71.4 cm³/mol. The highest BCUT2D eigenvalue weighted by molar-refractivity contribution is 5.47. The van der Waals surface area contributed by atoms with Crippen LogP contribution in [0.2, 0.25) is 0 Å². The molecule has 1 aliphatic rings. The van der Waals surface area contributed by atoms with Crippen LogP contribution in [0.25, 0.3) is 0 Å². The highest BCUT2D eigenvalue weighted by Gasteiger charge is 2.26. The maximum absolute atomic E-state index is 6.03. The zero-order chi connectivity index (χ0) is 12.3. The molecule has 2 rings (SSSR count). The first-order valence-electron chi connectivity index (χ1n) is 6.35. The number of aryl methyl sites for hydroxylation is 1. The third-order valence-electron chi connectivity index (χ3n) is 3.48. The summed E-state index contributed by atoms with van der Waals surface area (Å²) in [6, 6.07) is 8.86. The summed E-state index contributed by atoms with van der Waals surface area (Å²) >= 11 is 0. The van der Waals surface area contributed by atoms with Crippen LogP contribution in [0.3, 0.4) is 0 Å². The van der Waals surface area contributed by atoms with Gasteiger partial charge in [0.05, 0.1) is 13.2 Å². The molecule has 2 N–H and O–H groups in total. The van der Waals surface area contributed by atoms with Crippen LogP contribution >= 0.6 is 0 Å². The van der Waals surface area contributed by atoms with Gasteiger partial charge in [-0.3, -0.25) is 0 Å². The fraction of sp³-hybridized carbons (Fsp3) is 0.571. The van der Waals surface area contributed by atoms with Gasteiger partial charge in [-0.25, -0.2) is 0 Å². The molecule has 2 unspecified atom stereocenters. The zero-order valence-electron chi connectivity index (χ0n) is 10.7. The second-order valence-corrected chi connectivity index (χ2v) is 4.84. The molecule has 1 aliphatic heterocycles. The average Bonchev–Trinajstić information content (AvgIpc) is 2.73. The molecular formula is C14H22N2O. The van der Waals surface area contributed by atoms with Crippen LogP contribution in [-0.4, -0.2) is 32.3 Å². The summed E-state index contributed by atoms with van der Waals surface area (Å²) in [5.74, 6) is 0.455. The number of hydrogen-bond donors (Lipinski definition) is 1. The average molecular weight is 234 g/mol. The number of hydrogen-bond acceptors (Lipinski definition) is 3. The lowest BCUT2D eigenvalue weighted by molar-refractivity contribution is 0.185. The van der Waals surface area contributed by atoms with Crippen LogP contribution in [0, 0.1) is 12.8 Å². The minimum absolute atomic E-state index is 0.189. The summed E-state index contributed by atoms with van der Waals surface area (Å²) in [7, 11) is 0. The van der Waals surface area contributed by atoms with Crippen molar-refractivity contribution in [2.24, 2.45) is 11.7 Å². The van der Waals surface area contributed by atoms with E-state index in [-0.39, 0.29) is 6.04 Å². The topological polar surface area (TPSA) is 38.5 Å². The number of rotatable bonds is 4. The molecule has 1 aromatic carbocycles. The normalized spacial score (nSPS) is 23.9. The van der Waals surface area contributed by atoms with E-state index in [1.54, 1.807) is 0 Å². The first-order chi connectivity index (χ1) is 8.20. The minimum atomic E-state index is 0.189. The SMILES string of the molecule is CCN(CC1COCC1N)c1ccc(C)cc1. The van der Waals surface area contributed by atoms with E-state index in [1.807, 2.05) is 0 Å². The lowest BCUT2D eigenvalue weighted by atomic mass is 10.0. The standard InChI is InChI=1S/C14H22N2O/c1-3-16(8-12-9-17-10-14(12)15)13-6-4-11(2)5-7-13/h4-7,12,14H,3,8-10,15H2,1-2H3. The Balaban J connectivity index is 2.03. The lowest BCUT2D eigenvalue weighted by Crippen LogP contribution is -2.38. The molecule has 0 spiro atoms. The molecule has 1 fully saturated rings. The van der Waals surface area contributed by atoms with Gasteiger partial charge in [-0.15, -0.1) is 0 Å². The smallest absolute Gasteiger partial charge is 0.0621 e. The summed E-state index contributed by atoms with van der Waals surface area (Å²) < 4.78 is 5.42. The molecule has 17 heavy (non-hydrogen) atoms. The molecule has 0 saturated carbocycles. The summed E-state index contributed by atoms with van der Waals surface area (Å²) in [5.41, 5.74) is 8.60. The van der Waals surface area contributed by atoms with Gasteiger partial charge >= 0.3 is 0 Å². The van der Waals surface area contributed by atoms with E-state index < -0.39 is 0 Å². The number of ether oxygens (including phenoxy) is 1. The van der Waals surface area contributed by atoms with Gasteiger partial charge in [0, 0.05) is 30.7 Å². The number of nitrogens with two attached hydrogens (primary N) is 1. The summed E-state index contributed by atoms with van der Waals surface area (Å²) in [6.07, 6.45) is 0. The first-order valence-corrected chi connectivity index (χ1v) is 6.35. The van der Waals surface area contributed by atoms with Gasteiger partial charge in [0.25, 0.3) is 0 Å². The third-order valence-corrected chi connectivity index (χ3v) is 3.48. The fourth-order valence-corrected chi connectivity index (χ4v) is 2.26. The molecule has 1 aromatic rings.